The number of fused-ring (bicyclic) bond motifs is 2. The van der Waals surface area contributed by atoms with Crippen molar-refractivity contribution >= 4 is 15.7 Å². The maximum Gasteiger partial charge on any atom is 0.249 e. The molecule has 1 unspecified atom stereocenters. The lowest BCUT2D eigenvalue weighted by molar-refractivity contribution is -0.482. The van der Waals surface area contributed by atoms with Gasteiger partial charge in [0.05, 0.1) is 24.3 Å². The van der Waals surface area contributed by atoms with Gasteiger partial charge in [0.25, 0.3) is 0 Å². The highest BCUT2D eigenvalue weighted by Gasteiger charge is 2.68. The lowest BCUT2D eigenvalue weighted by atomic mass is 9.77. The van der Waals surface area contributed by atoms with E-state index in [-0.39, 0.29) is 13.0 Å². The van der Waals surface area contributed by atoms with Gasteiger partial charge in [-0.3, -0.25) is 0 Å². The largest absolute Gasteiger partial charge is 0.409 e. The molecule has 4 rings (SSSR count). The zero-order valence-corrected chi connectivity index (χ0v) is 22.3. The number of aliphatic hydroxyl groups is 4. The van der Waals surface area contributed by atoms with Gasteiger partial charge < -0.3 is 54.8 Å². The van der Waals surface area contributed by atoms with Crippen LogP contribution in [-0.4, -0.2) is 118 Å². The molecule has 2 saturated heterocycles. The Morgan fingerprint density at radius 3 is 2.32 bits per heavy atom. The Hall–Kier alpha value is -1.36. The molecule has 1 aromatic rings. The fourth-order valence-corrected chi connectivity index (χ4v) is 6.03. The number of hydrogen-bond acceptors (Lipinski definition) is 12. The standard InChI is InChI=1S/C24H39N3O9S/c1-13-10-23(30,12-27-11-14-6-8-15(9-7-14)36-37(4,5)32)24(31)22(33-13)34-21-19(29)16(25-2)18(28)17(26-3)20(21)35-24/h6-9,13,16-22,25-31H,4,10-12H2,1-3,5H3/t13-,16-,17+,18+,19+,20-,21-,22+,23-,24-,37?/m1/s1. The summed E-state index contributed by atoms with van der Waals surface area (Å²) < 4.78 is 35.0. The summed E-state index contributed by atoms with van der Waals surface area (Å²) in [6.45, 7) is 2.03. The second-order valence-electron chi connectivity index (χ2n) is 10.3. The Morgan fingerprint density at radius 2 is 1.73 bits per heavy atom. The predicted molar refractivity (Wildman–Crippen MR) is 136 cm³/mol. The van der Waals surface area contributed by atoms with Gasteiger partial charge in [-0.05, 0) is 44.6 Å². The van der Waals surface area contributed by atoms with Crippen LogP contribution in [0.15, 0.2) is 24.3 Å². The molecule has 11 atom stereocenters. The third kappa shape index (κ3) is 5.54. The summed E-state index contributed by atoms with van der Waals surface area (Å²) in [5.74, 6) is 1.62. The minimum atomic E-state index is -2.63. The normalized spacial score (nSPS) is 43.4. The monoisotopic (exact) mass is 545 g/mol. The van der Waals surface area contributed by atoms with Crippen LogP contribution < -0.4 is 20.1 Å². The molecule has 0 amide bonds. The Kier molecular flexibility index (Phi) is 8.25. The van der Waals surface area contributed by atoms with Crippen molar-refractivity contribution in [3.05, 3.63) is 29.8 Å². The van der Waals surface area contributed by atoms with E-state index in [4.69, 9.17) is 18.4 Å². The maximum absolute atomic E-state index is 11.7. The molecule has 2 heterocycles. The lowest BCUT2D eigenvalue weighted by Crippen LogP contribution is -2.81. The second kappa shape index (κ2) is 10.7. The van der Waals surface area contributed by atoms with Crippen molar-refractivity contribution in [2.75, 3.05) is 26.9 Å². The summed E-state index contributed by atoms with van der Waals surface area (Å²) in [4.78, 5) is 0. The predicted octanol–water partition coefficient (Wildman–Crippen LogP) is -2.33. The molecule has 1 saturated carbocycles. The Balaban J connectivity index is 1.50. The zero-order chi connectivity index (χ0) is 27.2. The first-order valence-corrected chi connectivity index (χ1v) is 14.3. The maximum atomic E-state index is 11.7. The minimum absolute atomic E-state index is 0.0450. The highest BCUT2D eigenvalue weighted by atomic mass is 32.2. The summed E-state index contributed by atoms with van der Waals surface area (Å²) in [5.41, 5.74) is -0.960. The third-order valence-electron chi connectivity index (χ3n) is 7.29. The van der Waals surface area contributed by atoms with Crippen LogP contribution in [0.5, 0.6) is 5.75 Å². The van der Waals surface area contributed by atoms with Crippen LogP contribution >= 0.6 is 0 Å². The molecule has 210 valence electrons. The Morgan fingerprint density at radius 1 is 1.08 bits per heavy atom. The smallest absolute Gasteiger partial charge is 0.249 e. The molecule has 7 N–H and O–H groups in total. The second-order valence-corrected chi connectivity index (χ2v) is 12.3. The number of benzene rings is 1. The van der Waals surface area contributed by atoms with E-state index in [9.17, 15) is 24.6 Å². The molecule has 13 heteroatoms. The van der Waals surface area contributed by atoms with Crippen molar-refractivity contribution < 1.29 is 43.0 Å². The molecule has 1 aliphatic carbocycles. The molecule has 0 radical (unpaired) electrons. The third-order valence-corrected chi connectivity index (χ3v) is 7.84. The topological polar surface area (TPSA) is 171 Å². The zero-order valence-electron chi connectivity index (χ0n) is 21.5. The fourth-order valence-electron chi connectivity index (χ4n) is 5.51. The lowest BCUT2D eigenvalue weighted by Gasteiger charge is -2.60. The number of likely N-dealkylation sites (N-methyl/N-ethyl adjacent to an activating group) is 2. The molecule has 12 nitrogen and oxygen atoms in total. The van der Waals surface area contributed by atoms with E-state index >= 15 is 0 Å². The highest BCUT2D eigenvalue weighted by molar-refractivity contribution is 7.95. The van der Waals surface area contributed by atoms with E-state index in [0.717, 1.165) is 5.56 Å². The number of hydrogen-bond donors (Lipinski definition) is 7. The quantitative estimate of drug-likeness (QED) is 0.174. The van der Waals surface area contributed by atoms with Gasteiger partial charge in [-0.15, -0.1) is 0 Å². The van der Waals surface area contributed by atoms with E-state index in [1.54, 1.807) is 45.3 Å². The molecule has 37 heavy (non-hydrogen) atoms. The molecule has 1 aromatic carbocycles. The van der Waals surface area contributed by atoms with Crippen LogP contribution in [0.3, 0.4) is 0 Å². The van der Waals surface area contributed by atoms with Gasteiger partial charge in [0.15, 0.2) is 0 Å². The van der Waals surface area contributed by atoms with Crippen molar-refractivity contribution in [2.24, 2.45) is 0 Å². The van der Waals surface area contributed by atoms with Crippen LogP contribution in [-0.2, 0) is 30.6 Å². The SMILES string of the molecule is C=S(C)(=O)Oc1ccc(CNC[C@]2(O)C[C@@H](C)O[C@H]3O[C@@H]4[C@@H](O)[C@H](NC)[C@H](O)[C@H](NC)[C@H]4O[C@]32O)cc1. The van der Waals surface area contributed by atoms with Crippen molar-refractivity contribution in [3.8, 4) is 5.75 Å². The van der Waals surface area contributed by atoms with Crippen molar-refractivity contribution in [1.29, 1.82) is 0 Å². The molecular formula is C24H39N3O9S. The molecule has 0 bridgehead atoms. The van der Waals surface area contributed by atoms with Crippen LogP contribution in [0.4, 0.5) is 0 Å². The summed E-state index contributed by atoms with van der Waals surface area (Å²) in [6.07, 6.45) is -4.50. The Bertz CT molecular complexity index is 1040. The average Bonchev–Trinajstić information content (AvgIpc) is 2.80. The molecule has 0 aromatic heterocycles. The minimum Gasteiger partial charge on any atom is -0.409 e. The summed E-state index contributed by atoms with van der Waals surface area (Å²) in [7, 11) is 0.623. The van der Waals surface area contributed by atoms with E-state index < -0.39 is 70.1 Å². The average molecular weight is 546 g/mol. The summed E-state index contributed by atoms with van der Waals surface area (Å²) in [6, 6.07) is 5.51. The van der Waals surface area contributed by atoms with Crippen LogP contribution in [0.1, 0.15) is 18.9 Å². The van der Waals surface area contributed by atoms with Crippen molar-refractivity contribution in [1.82, 2.24) is 16.0 Å². The molecule has 0 spiro atoms. The fraction of sp³-hybridized carbons (Fsp3) is 0.708. The van der Waals surface area contributed by atoms with Gasteiger partial charge in [-0.1, -0.05) is 12.1 Å². The molecular weight excluding hydrogens is 506 g/mol. The van der Waals surface area contributed by atoms with Crippen LogP contribution in [0.25, 0.3) is 0 Å². The van der Waals surface area contributed by atoms with E-state index in [1.807, 2.05) is 0 Å². The van der Waals surface area contributed by atoms with Crippen molar-refractivity contribution in [2.45, 2.75) is 80.2 Å². The highest BCUT2D eigenvalue weighted by Crippen LogP contribution is 2.46. The number of aliphatic hydroxyl groups excluding tert-OH is 2. The van der Waals surface area contributed by atoms with Gasteiger partial charge in [0, 0.05) is 25.8 Å². The van der Waals surface area contributed by atoms with Crippen molar-refractivity contribution in [3.63, 3.8) is 0 Å². The van der Waals surface area contributed by atoms with Gasteiger partial charge >= 0.3 is 0 Å². The van der Waals surface area contributed by atoms with Crippen LogP contribution in [0, 0.1) is 0 Å². The van der Waals surface area contributed by atoms with E-state index in [2.05, 4.69) is 21.8 Å². The molecule has 3 aliphatic rings. The van der Waals surface area contributed by atoms with E-state index in [0.29, 0.717) is 12.3 Å². The Labute approximate surface area is 217 Å². The van der Waals surface area contributed by atoms with Gasteiger partial charge in [-0.2, -0.15) is 0 Å². The first kappa shape index (κ1) is 28.6. The van der Waals surface area contributed by atoms with Gasteiger partial charge in [0.2, 0.25) is 12.1 Å². The first-order chi connectivity index (χ1) is 17.3. The molecule has 2 aliphatic heterocycles. The number of ether oxygens (including phenoxy) is 3. The number of nitrogens with one attached hydrogen (secondary N) is 3. The summed E-state index contributed by atoms with van der Waals surface area (Å²) in [5, 5.41) is 54.1. The van der Waals surface area contributed by atoms with Gasteiger partial charge in [-0.25, -0.2) is 4.21 Å². The first-order valence-electron chi connectivity index (χ1n) is 12.3. The summed E-state index contributed by atoms with van der Waals surface area (Å²) >= 11 is 0. The van der Waals surface area contributed by atoms with Gasteiger partial charge in [0.1, 0.15) is 39.5 Å². The van der Waals surface area contributed by atoms with Crippen LogP contribution in [0.2, 0.25) is 0 Å². The van der Waals surface area contributed by atoms with E-state index in [1.165, 1.54) is 6.26 Å². The number of rotatable bonds is 8. The molecule has 3 fully saturated rings.